The third-order valence-corrected chi connectivity index (χ3v) is 5.91. The number of aryl methyl sites for hydroxylation is 1. The van der Waals surface area contributed by atoms with Crippen molar-refractivity contribution in [3.63, 3.8) is 0 Å². The number of rotatable bonds is 8. The Kier molecular flexibility index (Phi) is 6.96. The van der Waals surface area contributed by atoms with Gasteiger partial charge in [-0.15, -0.1) is 0 Å². The normalized spacial score (nSPS) is 16.9. The maximum Gasteiger partial charge on any atom is 0.326 e. The summed E-state index contributed by atoms with van der Waals surface area (Å²) in [5.41, 5.74) is 1.16. The van der Waals surface area contributed by atoms with E-state index in [1.165, 1.54) is 4.90 Å². The predicted molar refractivity (Wildman–Crippen MR) is 119 cm³/mol. The van der Waals surface area contributed by atoms with E-state index in [2.05, 4.69) is 5.32 Å². The second-order valence-corrected chi connectivity index (χ2v) is 8.54. The molecule has 9 nitrogen and oxygen atoms in total. The second kappa shape index (κ2) is 9.50. The molecule has 1 saturated heterocycles. The number of nitrogens with zero attached hydrogens (tertiary/aromatic N) is 2. The van der Waals surface area contributed by atoms with E-state index in [1.54, 1.807) is 44.0 Å². The van der Waals surface area contributed by atoms with Gasteiger partial charge in [0.25, 0.3) is 5.91 Å². The van der Waals surface area contributed by atoms with Crippen molar-refractivity contribution in [2.24, 2.45) is 13.0 Å². The lowest BCUT2D eigenvalue weighted by atomic mass is 10.0. The van der Waals surface area contributed by atoms with Crippen molar-refractivity contribution in [3.05, 3.63) is 23.9 Å². The number of aromatic nitrogens is 1. The Morgan fingerprint density at radius 2 is 1.81 bits per heavy atom. The van der Waals surface area contributed by atoms with Gasteiger partial charge in [0.15, 0.2) is 11.5 Å². The topological polar surface area (TPSA) is 110 Å². The van der Waals surface area contributed by atoms with E-state index in [4.69, 9.17) is 9.47 Å². The number of benzene rings is 1. The van der Waals surface area contributed by atoms with E-state index in [1.807, 2.05) is 13.8 Å². The molecule has 174 valence electrons. The summed E-state index contributed by atoms with van der Waals surface area (Å²) in [6.45, 7) is 4.30. The third kappa shape index (κ3) is 4.51. The van der Waals surface area contributed by atoms with Gasteiger partial charge in [0.2, 0.25) is 5.91 Å². The van der Waals surface area contributed by atoms with Gasteiger partial charge in [0.1, 0.15) is 17.8 Å². The first-order valence-corrected chi connectivity index (χ1v) is 10.7. The van der Waals surface area contributed by atoms with Crippen LogP contribution in [0.1, 0.15) is 43.6 Å². The van der Waals surface area contributed by atoms with Gasteiger partial charge < -0.3 is 29.4 Å². The number of amides is 2. The number of carbonyl (C=O) groups is 3. The lowest BCUT2D eigenvalue weighted by molar-refractivity contribution is -0.149. The molecular formula is C23H31N3O6. The first kappa shape index (κ1) is 23.4. The molecule has 2 N–H and O–H groups in total. The lowest BCUT2D eigenvalue weighted by Crippen LogP contribution is -2.52. The molecule has 1 aliphatic heterocycles. The van der Waals surface area contributed by atoms with Crippen LogP contribution >= 0.6 is 0 Å². The zero-order chi connectivity index (χ0) is 23.6. The summed E-state index contributed by atoms with van der Waals surface area (Å²) < 4.78 is 12.4. The van der Waals surface area contributed by atoms with Crippen LogP contribution in [0.25, 0.3) is 10.9 Å². The number of hydrogen-bond acceptors (Lipinski definition) is 5. The van der Waals surface area contributed by atoms with E-state index in [0.717, 1.165) is 10.9 Å². The van der Waals surface area contributed by atoms with Gasteiger partial charge in [0.05, 0.1) is 19.7 Å². The zero-order valence-corrected chi connectivity index (χ0v) is 19.2. The summed E-state index contributed by atoms with van der Waals surface area (Å²) >= 11 is 0. The number of ether oxygens (including phenoxy) is 2. The van der Waals surface area contributed by atoms with Gasteiger partial charge in [-0.05, 0) is 37.3 Å². The molecule has 2 heterocycles. The fourth-order valence-corrected chi connectivity index (χ4v) is 4.29. The highest BCUT2D eigenvalue weighted by Gasteiger charge is 2.38. The Labute approximate surface area is 187 Å². The summed E-state index contributed by atoms with van der Waals surface area (Å²) in [5, 5.41) is 13.1. The highest BCUT2D eigenvalue weighted by atomic mass is 16.5. The monoisotopic (exact) mass is 445 g/mol. The molecule has 2 aromatic rings. The summed E-state index contributed by atoms with van der Waals surface area (Å²) in [4.78, 5) is 39.3. The molecule has 0 aliphatic carbocycles. The van der Waals surface area contributed by atoms with Crippen LogP contribution in [0.15, 0.2) is 18.2 Å². The molecule has 0 spiro atoms. The first-order chi connectivity index (χ1) is 15.2. The minimum atomic E-state index is -1.01. The number of hydrogen-bond donors (Lipinski definition) is 2. The minimum Gasteiger partial charge on any atom is -0.493 e. The highest BCUT2D eigenvalue weighted by molar-refractivity contribution is 6.01. The lowest BCUT2D eigenvalue weighted by Gasteiger charge is -2.28. The largest absolute Gasteiger partial charge is 0.493 e. The minimum absolute atomic E-state index is 0.135. The Bertz CT molecular complexity index is 1030. The highest BCUT2D eigenvalue weighted by Crippen LogP contribution is 2.33. The summed E-state index contributed by atoms with van der Waals surface area (Å²) in [7, 11) is 4.86. The van der Waals surface area contributed by atoms with Crippen LogP contribution in [0.4, 0.5) is 0 Å². The van der Waals surface area contributed by atoms with Crippen LogP contribution in [0.3, 0.4) is 0 Å². The van der Waals surface area contributed by atoms with Gasteiger partial charge in [-0.3, -0.25) is 9.59 Å². The maximum atomic E-state index is 13.2. The summed E-state index contributed by atoms with van der Waals surface area (Å²) in [6.07, 6.45) is 1.48. The number of methoxy groups -OCH3 is 2. The van der Waals surface area contributed by atoms with Crippen LogP contribution in [-0.2, 0) is 16.6 Å². The Morgan fingerprint density at radius 1 is 1.16 bits per heavy atom. The van der Waals surface area contributed by atoms with Crippen LogP contribution in [0.5, 0.6) is 11.5 Å². The van der Waals surface area contributed by atoms with Gasteiger partial charge in [-0.2, -0.15) is 0 Å². The zero-order valence-electron chi connectivity index (χ0n) is 19.2. The average Bonchev–Trinajstić information content (AvgIpc) is 3.36. The van der Waals surface area contributed by atoms with E-state index in [9.17, 15) is 19.5 Å². The van der Waals surface area contributed by atoms with Gasteiger partial charge in [-0.25, -0.2) is 4.79 Å². The SMILES string of the molecule is COc1cc2cc(C(=O)NC(CC(C)C)C(=O)N3CCCC3C(=O)O)n(C)c2cc1OC. The van der Waals surface area contributed by atoms with Crippen LogP contribution in [0, 0.1) is 5.92 Å². The van der Waals surface area contributed by atoms with Gasteiger partial charge in [-0.1, -0.05) is 13.8 Å². The quantitative estimate of drug-likeness (QED) is 0.646. The Morgan fingerprint density at radius 3 is 2.41 bits per heavy atom. The molecule has 2 unspecified atom stereocenters. The molecule has 32 heavy (non-hydrogen) atoms. The Balaban J connectivity index is 1.89. The van der Waals surface area contributed by atoms with Crippen molar-refractivity contribution < 1.29 is 29.0 Å². The third-order valence-electron chi connectivity index (χ3n) is 5.91. The fraction of sp³-hybridized carbons (Fsp3) is 0.522. The number of likely N-dealkylation sites (tertiary alicyclic amines) is 1. The molecule has 0 saturated carbocycles. The average molecular weight is 446 g/mol. The van der Waals surface area contributed by atoms with Crippen LogP contribution in [0.2, 0.25) is 0 Å². The van der Waals surface area contributed by atoms with Crippen molar-refractivity contribution in [3.8, 4) is 11.5 Å². The molecular weight excluding hydrogens is 414 g/mol. The van der Waals surface area contributed by atoms with Crippen molar-refractivity contribution in [1.82, 2.24) is 14.8 Å². The fourth-order valence-electron chi connectivity index (χ4n) is 4.29. The number of aliphatic carboxylic acids is 1. The van der Waals surface area contributed by atoms with Crippen molar-refractivity contribution >= 4 is 28.7 Å². The van der Waals surface area contributed by atoms with Crippen LogP contribution in [-0.4, -0.2) is 65.2 Å². The molecule has 3 rings (SSSR count). The molecule has 2 atom stereocenters. The van der Waals surface area contributed by atoms with E-state index < -0.39 is 24.0 Å². The Hall–Kier alpha value is -3.23. The summed E-state index contributed by atoms with van der Waals surface area (Å²) in [5.74, 6) is -0.516. The van der Waals surface area contributed by atoms with Crippen LogP contribution < -0.4 is 14.8 Å². The molecule has 2 amide bonds. The van der Waals surface area contributed by atoms with E-state index >= 15 is 0 Å². The number of fused-ring (bicyclic) bond motifs is 1. The van der Waals surface area contributed by atoms with Gasteiger partial charge >= 0.3 is 5.97 Å². The number of carboxylic acids is 1. The van der Waals surface area contributed by atoms with Crippen molar-refractivity contribution in [2.45, 2.75) is 45.2 Å². The van der Waals surface area contributed by atoms with Crippen molar-refractivity contribution in [2.75, 3.05) is 20.8 Å². The molecule has 1 fully saturated rings. The second-order valence-electron chi connectivity index (χ2n) is 8.54. The molecule has 1 aromatic carbocycles. The van der Waals surface area contributed by atoms with Crippen molar-refractivity contribution in [1.29, 1.82) is 0 Å². The molecule has 1 aliphatic rings. The number of carbonyl (C=O) groups excluding carboxylic acids is 2. The smallest absolute Gasteiger partial charge is 0.326 e. The first-order valence-electron chi connectivity index (χ1n) is 10.7. The maximum absolute atomic E-state index is 13.2. The predicted octanol–water partition coefficient (Wildman–Crippen LogP) is 2.42. The molecule has 0 bridgehead atoms. The number of nitrogens with one attached hydrogen (secondary N) is 1. The summed E-state index contributed by atoms with van der Waals surface area (Å²) in [6, 6.07) is 3.68. The molecule has 9 heteroatoms. The standard InChI is InChI=1S/C23H31N3O6/c1-13(2)9-15(22(28)26-8-6-7-16(26)23(29)30)24-21(27)18-10-14-11-19(31-4)20(32-5)12-17(14)25(18)3/h10-13,15-16H,6-9H2,1-5H3,(H,24,27)(H,29,30). The molecule has 1 aromatic heterocycles. The molecule has 0 radical (unpaired) electrons. The number of carboxylic acid groups (broad SMARTS) is 1. The van der Waals surface area contributed by atoms with E-state index in [-0.39, 0.29) is 11.8 Å². The van der Waals surface area contributed by atoms with Gasteiger partial charge in [0, 0.05) is 25.0 Å². The van der Waals surface area contributed by atoms with E-state index in [0.29, 0.717) is 43.0 Å².